The molecule has 0 unspecified atom stereocenters. The lowest BCUT2D eigenvalue weighted by Crippen LogP contribution is -2.49. The summed E-state index contributed by atoms with van der Waals surface area (Å²) in [6.45, 7) is 2.30. The summed E-state index contributed by atoms with van der Waals surface area (Å²) in [5.41, 5.74) is 2.62. The molecule has 32 heavy (non-hydrogen) atoms. The lowest BCUT2D eigenvalue weighted by Gasteiger charge is -2.57. The van der Waals surface area contributed by atoms with E-state index in [1.54, 1.807) is 6.33 Å². The number of benzene rings is 1. The normalized spacial score (nSPS) is 30.1. The van der Waals surface area contributed by atoms with Gasteiger partial charge in [-0.2, -0.15) is 0 Å². The molecule has 2 heterocycles. The monoisotopic (exact) mass is 432 g/mol. The molecule has 1 amide bonds. The van der Waals surface area contributed by atoms with E-state index in [1.807, 2.05) is 35.2 Å². The molecule has 0 atom stereocenters. The quantitative estimate of drug-likeness (QED) is 0.745. The van der Waals surface area contributed by atoms with Crippen LogP contribution in [0, 0.1) is 23.2 Å². The van der Waals surface area contributed by atoms with Gasteiger partial charge in [-0.15, -0.1) is 0 Å². The second kappa shape index (κ2) is 8.05. The molecule has 1 aromatic heterocycles. The zero-order chi connectivity index (χ0) is 21.5. The second-order valence-electron chi connectivity index (χ2n) is 10.6. The first-order valence-electron chi connectivity index (χ1n) is 12.2. The second-order valence-corrected chi connectivity index (χ2v) is 10.6. The number of carbonyl (C=O) groups is 1. The third kappa shape index (κ3) is 3.84. The average Bonchev–Trinajstić information content (AvgIpc) is 2.80. The topological polar surface area (TPSA) is 67.3 Å². The van der Waals surface area contributed by atoms with Crippen molar-refractivity contribution in [1.29, 1.82) is 0 Å². The Labute approximate surface area is 189 Å². The van der Waals surface area contributed by atoms with Gasteiger partial charge in [0.1, 0.15) is 17.9 Å². The number of para-hydroxylation sites is 1. The summed E-state index contributed by atoms with van der Waals surface area (Å²) in [5.74, 6) is 4.58. The van der Waals surface area contributed by atoms with E-state index >= 15 is 0 Å². The minimum absolute atomic E-state index is 0.00110. The predicted molar refractivity (Wildman–Crippen MR) is 122 cm³/mol. The van der Waals surface area contributed by atoms with Crippen molar-refractivity contribution in [2.75, 3.05) is 25.0 Å². The molecule has 1 aromatic carbocycles. The number of amides is 1. The molecular weight excluding hydrogens is 400 g/mol. The van der Waals surface area contributed by atoms with E-state index in [0.717, 1.165) is 48.0 Å². The van der Waals surface area contributed by atoms with Crippen LogP contribution in [0.1, 0.15) is 49.8 Å². The van der Waals surface area contributed by atoms with Crippen molar-refractivity contribution < 1.29 is 9.53 Å². The molecule has 0 spiro atoms. The van der Waals surface area contributed by atoms with Gasteiger partial charge in [0.15, 0.2) is 6.61 Å². The van der Waals surface area contributed by atoms with Gasteiger partial charge in [0.2, 0.25) is 0 Å². The van der Waals surface area contributed by atoms with Crippen molar-refractivity contribution >= 4 is 11.7 Å². The maximum Gasteiger partial charge on any atom is 0.260 e. The molecule has 2 aromatic rings. The van der Waals surface area contributed by atoms with Gasteiger partial charge in [-0.25, -0.2) is 9.97 Å². The largest absolute Gasteiger partial charge is 0.484 e. The van der Waals surface area contributed by atoms with E-state index < -0.39 is 0 Å². The van der Waals surface area contributed by atoms with Gasteiger partial charge in [-0.05, 0) is 80.2 Å². The van der Waals surface area contributed by atoms with Crippen molar-refractivity contribution in [3.05, 3.63) is 47.9 Å². The number of hydrogen-bond donors (Lipinski definition) is 1. The Bertz CT molecular complexity index is 957. The Balaban J connectivity index is 1.09. The van der Waals surface area contributed by atoms with Crippen LogP contribution in [-0.2, 0) is 17.8 Å². The summed E-state index contributed by atoms with van der Waals surface area (Å²) in [7, 11) is 0. The number of rotatable bonds is 6. The van der Waals surface area contributed by atoms with Gasteiger partial charge in [-0.1, -0.05) is 18.2 Å². The molecule has 6 nitrogen and oxygen atoms in total. The minimum Gasteiger partial charge on any atom is -0.484 e. The number of anilines is 1. The van der Waals surface area contributed by atoms with Crippen molar-refractivity contribution in [3.63, 3.8) is 0 Å². The lowest BCUT2D eigenvalue weighted by molar-refractivity contribution is -0.134. The van der Waals surface area contributed by atoms with Gasteiger partial charge >= 0.3 is 0 Å². The number of fused-ring (bicyclic) bond motifs is 1. The SMILES string of the molecule is O=C(COc1ccccc1)N1CCc2c(ncnc2NCC23CC4CC(CC(C4)C2)C3)C1. The van der Waals surface area contributed by atoms with Crippen LogP contribution in [0.15, 0.2) is 36.7 Å². The summed E-state index contributed by atoms with van der Waals surface area (Å²) in [5, 5.41) is 3.74. The zero-order valence-electron chi connectivity index (χ0n) is 18.6. The molecular formula is C26H32N4O2. The number of nitrogens with zero attached hydrogens (tertiary/aromatic N) is 3. The fraction of sp³-hybridized carbons (Fsp3) is 0.577. The van der Waals surface area contributed by atoms with Crippen molar-refractivity contribution in [3.8, 4) is 5.75 Å². The lowest BCUT2D eigenvalue weighted by atomic mass is 9.49. The van der Waals surface area contributed by atoms with Gasteiger partial charge in [0, 0.05) is 18.7 Å². The fourth-order valence-electron chi connectivity index (χ4n) is 7.25. The van der Waals surface area contributed by atoms with E-state index in [4.69, 9.17) is 4.74 Å². The Morgan fingerprint density at radius 1 is 1.06 bits per heavy atom. The molecule has 1 N–H and O–H groups in total. The average molecular weight is 433 g/mol. The standard InChI is InChI=1S/C26H32N4O2/c31-24(15-32-21-4-2-1-3-5-21)30-7-6-22-23(14-30)28-17-29-25(22)27-16-26-11-18-8-19(12-26)10-20(9-18)13-26/h1-5,17-20H,6-16H2,(H,27,28,29). The number of hydrogen-bond acceptors (Lipinski definition) is 5. The minimum atomic E-state index is 0.00110. The fourth-order valence-corrected chi connectivity index (χ4v) is 7.25. The highest BCUT2D eigenvalue weighted by Gasteiger charge is 2.50. The van der Waals surface area contributed by atoms with Crippen LogP contribution in [0.2, 0.25) is 0 Å². The van der Waals surface area contributed by atoms with E-state index in [9.17, 15) is 4.79 Å². The van der Waals surface area contributed by atoms with Crippen LogP contribution in [-0.4, -0.2) is 40.5 Å². The van der Waals surface area contributed by atoms with Gasteiger partial charge < -0.3 is 15.0 Å². The Hall–Kier alpha value is -2.63. The van der Waals surface area contributed by atoms with Crippen LogP contribution in [0.4, 0.5) is 5.82 Å². The highest BCUT2D eigenvalue weighted by molar-refractivity contribution is 5.78. The molecule has 1 aliphatic heterocycles. The third-order valence-electron chi connectivity index (χ3n) is 8.26. The molecule has 0 saturated heterocycles. The first kappa shape index (κ1) is 20.0. The van der Waals surface area contributed by atoms with E-state index in [-0.39, 0.29) is 12.5 Å². The van der Waals surface area contributed by atoms with Crippen LogP contribution in [0.5, 0.6) is 5.75 Å². The smallest absolute Gasteiger partial charge is 0.260 e. The van der Waals surface area contributed by atoms with Gasteiger partial charge in [0.05, 0.1) is 12.2 Å². The van der Waals surface area contributed by atoms with Crippen LogP contribution in [0.3, 0.4) is 0 Å². The number of ether oxygens (including phenoxy) is 1. The number of aromatic nitrogens is 2. The summed E-state index contributed by atoms with van der Waals surface area (Å²) in [4.78, 5) is 23.7. The predicted octanol–water partition coefficient (Wildman–Crippen LogP) is 4.07. The van der Waals surface area contributed by atoms with Crippen molar-refractivity contribution in [2.24, 2.45) is 23.2 Å². The first-order valence-corrected chi connectivity index (χ1v) is 12.2. The van der Waals surface area contributed by atoms with E-state index in [0.29, 0.717) is 18.5 Å². The molecule has 5 aliphatic rings. The Morgan fingerprint density at radius 3 is 2.50 bits per heavy atom. The van der Waals surface area contributed by atoms with E-state index in [2.05, 4.69) is 15.3 Å². The highest BCUT2D eigenvalue weighted by atomic mass is 16.5. The molecule has 4 bridgehead atoms. The summed E-state index contributed by atoms with van der Waals surface area (Å²) in [6, 6.07) is 9.49. The van der Waals surface area contributed by atoms with Crippen LogP contribution in [0.25, 0.3) is 0 Å². The maximum atomic E-state index is 12.7. The Kier molecular flexibility index (Phi) is 5.04. The number of nitrogens with one attached hydrogen (secondary N) is 1. The summed E-state index contributed by atoms with van der Waals surface area (Å²) >= 11 is 0. The number of carbonyl (C=O) groups excluding carboxylic acids is 1. The van der Waals surface area contributed by atoms with E-state index in [1.165, 1.54) is 44.1 Å². The van der Waals surface area contributed by atoms with Crippen molar-refractivity contribution in [2.45, 2.75) is 51.5 Å². The molecule has 0 radical (unpaired) electrons. The zero-order valence-corrected chi connectivity index (χ0v) is 18.6. The maximum absolute atomic E-state index is 12.7. The van der Waals surface area contributed by atoms with Crippen LogP contribution < -0.4 is 10.1 Å². The van der Waals surface area contributed by atoms with Crippen LogP contribution >= 0.6 is 0 Å². The highest BCUT2D eigenvalue weighted by Crippen LogP contribution is 2.59. The van der Waals surface area contributed by atoms with Gasteiger partial charge in [-0.3, -0.25) is 4.79 Å². The van der Waals surface area contributed by atoms with Crippen molar-refractivity contribution in [1.82, 2.24) is 14.9 Å². The molecule has 168 valence electrons. The molecule has 4 aliphatic carbocycles. The molecule has 7 rings (SSSR count). The first-order chi connectivity index (χ1) is 15.7. The molecule has 4 fully saturated rings. The Morgan fingerprint density at radius 2 is 1.78 bits per heavy atom. The van der Waals surface area contributed by atoms with Gasteiger partial charge in [0.25, 0.3) is 5.91 Å². The summed E-state index contributed by atoms with van der Waals surface area (Å²) < 4.78 is 5.65. The summed E-state index contributed by atoms with van der Waals surface area (Å²) in [6.07, 6.45) is 11.0. The molecule has 4 saturated carbocycles. The molecule has 6 heteroatoms. The third-order valence-corrected chi connectivity index (χ3v) is 8.26.